The maximum Gasteiger partial charge on any atom is 0.0377 e. The number of aryl methyl sites for hydroxylation is 1. The van der Waals surface area contributed by atoms with Crippen molar-refractivity contribution in [3.63, 3.8) is 0 Å². The third-order valence-corrected chi connectivity index (χ3v) is 4.95. The van der Waals surface area contributed by atoms with Gasteiger partial charge >= 0.3 is 0 Å². The minimum Gasteiger partial charge on any atom is -0.329 e. The van der Waals surface area contributed by atoms with Crippen molar-refractivity contribution < 1.29 is 0 Å². The lowest BCUT2D eigenvalue weighted by Crippen LogP contribution is -2.59. The summed E-state index contributed by atoms with van der Waals surface area (Å²) in [6.07, 6.45) is 4.66. The Morgan fingerprint density at radius 2 is 1.95 bits per heavy atom. The molecule has 0 saturated carbocycles. The van der Waals surface area contributed by atoms with Gasteiger partial charge in [-0.1, -0.05) is 38.1 Å². The maximum atomic E-state index is 6.22. The van der Waals surface area contributed by atoms with Gasteiger partial charge < -0.3 is 5.73 Å². The van der Waals surface area contributed by atoms with E-state index in [2.05, 4.69) is 49.9 Å². The van der Waals surface area contributed by atoms with E-state index in [0.29, 0.717) is 6.04 Å². The van der Waals surface area contributed by atoms with Gasteiger partial charge in [0.25, 0.3) is 0 Å². The zero-order valence-electron chi connectivity index (χ0n) is 12.7. The van der Waals surface area contributed by atoms with Gasteiger partial charge in [0.15, 0.2) is 0 Å². The number of likely N-dealkylation sites (N-methyl/N-ethyl adjacent to an activating group) is 1. The van der Waals surface area contributed by atoms with E-state index in [1.54, 1.807) is 0 Å². The van der Waals surface area contributed by atoms with Crippen LogP contribution in [-0.2, 0) is 12.8 Å². The van der Waals surface area contributed by atoms with Crippen LogP contribution in [-0.4, -0.2) is 29.6 Å². The minimum atomic E-state index is 0.165. The fourth-order valence-corrected chi connectivity index (χ4v) is 3.66. The summed E-state index contributed by atoms with van der Waals surface area (Å²) in [5.74, 6) is 0. The molecule has 0 spiro atoms. The Labute approximate surface area is 118 Å². The van der Waals surface area contributed by atoms with Crippen LogP contribution < -0.4 is 5.73 Å². The number of fused-ring (bicyclic) bond motifs is 1. The van der Waals surface area contributed by atoms with Crippen molar-refractivity contribution in [2.75, 3.05) is 13.1 Å². The first-order valence-corrected chi connectivity index (χ1v) is 7.70. The molecule has 0 amide bonds. The summed E-state index contributed by atoms with van der Waals surface area (Å²) in [5.41, 5.74) is 9.41. The first kappa shape index (κ1) is 14.5. The minimum absolute atomic E-state index is 0.165. The molecular formula is C17H28N2. The Kier molecular flexibility index (Phi) is 4.64. The van der Waals surface area contributed by atoms with E-state index in [1.165, 1.54) is 30.4 Å². The highest BCUT2D eigenvalue weighted by atomic mass is 15.2. The van der Waals surface area contributed by atoms with Crippen LogP contribution in [0.25, 0.3) is 0 Å². The average molecular weight is 260 g/mol. The maximum absolute atomic E-state index is 6.22. The summed E-state index contributed by atoms with van der Waals surface area (Å²) in [6, 6.07) is 9.48. The zero-order chi connectivity index (χ0) is 13.9. The van der Waals surface area contributed by atoms with Crippen LogP contribution in [0.5, 0.6) is 0 Å². The van der Waals surface area contributed by atoms with Gasteiger partial charge in [0.2, 0.25) is 0 Å². The third-order valence-electron chi connectivity index (χ3n) is 4.95. The summed E-state index contributed by atoms with van der Waals surface area (Å²) in [5, 5.41) is 0. The van der Waals surface area contributed by atoms with Gasteiger partial charge in [-0.3, -0.25) is 4.90 Å². The predicted octanol–water partition coefficient (Wildman–Crippen LogP) is 2.99. The Bertz CT molecular complexity index is 415. The van der Waals surface area contributed by atoms with E-state index in [4.69, 9.17) is 5.73 Å². The number of benzene rings is 1. The zero-order valence-corrected chi connectivity index (χ0v) is 12.7. The fourth-order valence-electron chi connectivity index (χ4n) is 3.66. The molecule has 2 nitrogen and oxygen atoms in total. The molecule has 19 heavy (non-hydrogen) atoms. The summed E-state index contributed by atoms with van der Waals surface area (Å²) < 4.78 is 0. The molecule has 2 N–H and O–H groups in total. The molecule has 2 atom stereocenters. The average Bonchev–Trinajstić information content (AvgIpc) is 2.47. The second-order valence-electron chi connectivity index (χ2n) is 5.92. The van der Waals surface area contributed by atoms with Crippen molar-refractivity contribution in [1.82, 2.24) is 4.90 Å². The molecule has 0 heterocycles. The lowest BCUT2D eigenvalue weighted by molar-refractivity contribution is 0.0461. The lowest BCUT2D eigenvalue weighted by Gasteiger charge is -2.49. The molecule has 0 saturated heterocycles. The standard InChI is InChI=1S/C17H28N2/c1-4-14(3)19(5-2)17(13-18)11-10-15-8-6-7-9-16(15)12-17/h6-9,14H,4-5,10-13,18H2,1-3H3. The molecule has 2 unspecified atom stereocenters. The lowest BCUT2D eigenvalue weighted by atomic mass is 9.76. The number of nitrogens with zero attached hydrogens (tertiary/aromatic N) is 1. The van der Waals surface area contributed by atoms with Gasteiger partial charge in [-0.15, -0.1) is 0 Å². The summed E-state index contributed by atoms with van der Waals surface area (Å²) >= 11 is 0. The van der Waals surface area contributed by atoms with Gasteiger partial charge in [-0.05, 0) is 50.3 Å². The van der Waals surface area contributed by atoms with E-state index < -0.39 is 0 Å². The molecule has 1 aromatic carbocycles. The van der Waals surface area contributed by atoms with Crippen molar-refractivity contribution in [2.24, 2.45) is 5.73 Å². The molecular weight excluding hydrogens is 232 g/mol. The molecule has 106 valence electrons. The second-order valence-corrected chi connectivity index (χ2v) is 5.92. The number of hydrogen-bond donors (Lipinski definition) is 1. The van der Waals surface area contributed by atoms with Gasteiger partial charge in [0, 0.05) is 18.1 Å². The first-order valence-electron chi connectivity index (χ1n) is 7.70. The van der Waals surface area contributed by atoms with E-state index in [9.17, 15) is 0 Å². The molecule has 1 aliphatic carbocycles. The number of rotatable bonds is 5. The van der Waals surface area contributed by atoms with Crippen LogP contribution in [0, 0.1) is 0 Å². The highest BCUT2D eigenvalue weighted by Gasteiger charge is 2.39. The molecule has 0 bridgehead atoms. The smallest absolute Gasteiger partial charge is 0.0377 e. The highest BCUT2D eigenvalue weighted by Crippen LogP contribution is 2.34. The predicted molar refractivity (Wildman–Crippen MR) is 82.4 cm³/mol. The Morgan fingerprint density at radius 3 is 2.53 bits per heavy atom. The normalized spacial score (nSPS) is 24.3. The van der Waals surface area contributed by atoms with E-state index in [0.717, 1.165) is 19.5 Å². The van der Waals surface area contributed by atoms with Crippen LogP contribution in [0.15, 0.2) is 24.3 Å². The van der Waals surface area contributed by atoms with Crippen molar-refractivity contribution in [3.8, 4) is 0 Å². The molecule has 0 aromatic heterocycles. The largest absolute Gasteiger partial charge is 0.329 e. The van der Waals surface area contributed by atoms with Crippen LogP contribution in [0.1, 0.15) is 44.7 Å². The van der Waals surface area contributed by atoms with Crippen LogP contribution in [0.2, 0.25) is 0 Å². The molecule has 0 fully saturated rings. The summed E-state index contributed by atoms with van der Waals surface area (Å²) in [4.78, 5) is 2.64. The van der Waals surface area contributed by atoms with E-state index >= 15 is 0 Å². The van der Waals surface area contributed by atoms with Crippen LogP contribution >= 0.6 is 0 Å². The monoisotopic (exact) mass is 260 g/mol. The molecule has 2 rings (SSSR count). The quantitative estimate of drug-likeness (QED) is 0.882. The molecule has 1 aromatic rings. The van der Waals surface area contributed by atoms with Gasteiger partial charge in [-0.25, -0.2) is 0 Å². The fraction of sp³-hybridized carbons (Fsp3) is 0.647. The van der Waals surface area contributed by atoms with Crippen LogP contribution in [0.4, 0.5) is 0 Å². The van der Waals surface area contributed by atoms with Crippen molar-refractivity contribution in [1.29, 1.82) is 0 Å². The van der Waals surface area contributed by atoms with E-state index in [-0.39, 0.29) is 5.54 Å². The van der Waals surface area contributed by atoms with Crippen molar-refractivity contribution in [2.45, 2.75) is 58.0 Å². The molecule has 2 heteroatoms. The summed E-state index contributed by atoms with van der Waals surface area (Å²) in [7, 11) is 0. The summed E-state index contributed by atoms with van der Waals surface area (Å²) in [6.45, 7) is 8.73. The number of nitrogens with two attached hydrogens (primary N) is 1. The SMILES string of the molecule is CCC(C)N(CC)C1(CN)CCc2ccccc2C1. The topological polar surface area (TPSA) is 29.3 Å². The number of hydrogen-bond acceptors (Lipinski definition) is 2. The first-order chi connectivity index (χ1) is 9.16. The molecule has 0 radical (unpaired) electrons. The van der Waals surface area contributed by atoms with Gasteiger partial charge in [-0.2, -0.15) is 0 Å². The van der Waals surface area contributed by atoms with Crippen molar-refractivity contribution in [3.05, 3.63) is 35.4 Å². The van der Waals surface area contributed by atoms with Crippen LogP contribution in [0.3, 0.4) is 0 Å². The van der Waals surface area contributed by atoms with Gasteiger partial charge in [0.05, 0.1) is 0 Å². The van der Waals surface area contributed by atoms with Crippen molar-refractivity contribution >= 4 is 0 Å². The second kappa shape index (κ2) is 6.06. The Hall–Kier alpha value is -0.860. The molecule has 1 aliphatic rings. The third kappa shape index (κ3) is 2.70. The highest BCUT2D eigenvalue weighted by molar-refractivity contribution is 5.32. The Morgan fingerprint density at radius 1 is 1.26 bits per heavy atom. The van der Waals surface area contributed by atoms with E-state index in [1.807, 2.05) is 0 Å². The molecule has 0 aliphatic heterocycles. The van der Waals surface area contributed by atoms with Gasteiger partial charge in [0.1, 0.15) is 0 Å². The Balaban J connectivity index is 2.30.